The third kappa shape index (κ3) is 4.46. The minimum Gasteiger partial charge on any atom is -0.497 e. The van der Waals surface area contributed by atoms with Crippen LogP contribution in [0, 0.1) is 13.8 Å². The van der Waals surface area contributed by atoms with Gasteiger partial charge in [-0.3, -0.25) is 9.59 Å². The number of rotatable bonds is 7. The minimum absolute atomic E-state index is 0.230. The monoisotopic (exact) mass is 442 g/mol. The zero-order valence-electron chi connectivity index (χ0n) is 19.1. The molecule has 0 fully saturated rings. The van der Waals surface area contributed by atoms with Crippen LogP contribution in [-0.2, 0) is 9.59 Å². The van der Waals surface area contributed by atoms with Crippen molar-refractivity contribution in [2.75, 3.05) is 23.9 Å². The molecule has 3 aromatic rings. The number of carbonyl (C=O) groups excluding carboxylic acids is 2. The van der Waals surface area contributed by atoms with Crippen LogP contribution < -0.4 is 19.7 Å². The van der Waals surface area contributed by atoms with Gasteiger partial charge in [0, 0.05) is 5.69 Å². The first-order valence-electron chi connectivity index (χ1n) is 10.8. The van der Waals surface area contributed by atoms with Crippen molar-refractivity contribution in [2.24, 2.45) is 0 Å². The Bertz CT molecular complexity index is 1210. The lowest BCUT2D eigenvalue weighted by Crippen LogP contribution is -2.32. The van der Waals surface area contributed by atoms with Gasteiger partial charge in [-0.1, -0.05) is 18.2 Å². The van der Waals surface area contributed by atoms with Crippen molar-refractivity contribution >= 4 is 28.8 Å². The molecular formula is C27H26N2O4. The van der Waals surface area contributed by atoms with E-state index in [1.165, 1.54) is 4.90 Å². The number of hydrogen-bond donors (Lipinski definition) is 1. The fraction of sp³-hybridized carbons (Fsp3) is 0.185. The van der Waals surface area contributed by atoms with Crippen LogP contribution in [0.25, 0.3) is 5.57 Å². The van der Waals surface area contributed by atoms with E-state index >= 15 is 0 Å². The van der Waals surface area contributed by atoms with Crippen LogP contribution in [0.3, 0.4) is 0 Å². The van der Waals surface area contributed by atoms with Crippen LogP contribution in [0.5, 0.6) is 11.5 Å². The summed E-state index contributed by atoms with van der Waals surface area (Å²) in [5.41, 5.74) is 4.37. The highest BCUT2D eigenvalue weighted by molar-refractivity contribution is 6.46. The van der Waals surface area contributed by atoms with Gasteiger partial charge in [0.05, 0.1) is 25.0 Å². The maximum absolute atomic E-state index is 13.6. The number of ether oxygens (including phenoxy) is 2. The number of nitrogens with one attached hydrogen (secondary N) is 1. The van der Waals surface area contributed by atoms with Gasteiger partial charge in [-0.25, -0.2) is 4.90 Å². The van der Waals surface area contributed by atoms with E-state index in [9.17, 15) is 9.59 Å². The summed E-state index contributed by atoms with van der Waals surface area (Å²) in [5.74, 6) is 0.634. The summed E-state index contributed by atoms with van der Waals surface area (Å²) in [4.78, 5) is 28.4. The average Bonchev–Trinajstić information content (AvgIpc) is 3.04. The van der Waals surface area contributed by atoms with Crippen LogP contribution >= 0.6 is 0 Å². The summed E-state index contributed by atoms with van der Waals surface area (Å²) in [6.07, 6.45) is 0. The van der Waals surface area contributed by atoms with Gasteiger partial charge >= 0.3 is 0 Å². The molecule has 1 aliphatic rings. The number of imide groups is 1. The fourth-order valence-electron chi connectivity index (χ4n) is 3.93. The Morgan fingerprint density at radius 1 is 0.818 bits per heavy atom. The Morgan fingerprint density at radius 3 is 2.00 bits per heavy atom. The maximum Gasteiger partial charge on any atom is 0.282 e. The molecule has 1 aliphatic heterocycles. The number of methoxy groups -OCH3 is 1. The molecule has 6 nitrogen and oxygen atoms in total. The highest BCUT2D eigenvalue weighted by atomic mass is 16.5. The smallest absolute Gasteiger partial charge is 0.282 e. The molecule has 3 aromatic carbocycles. The van der Waals surface area contributed by atoms with Gasteiger partial charge in [0.25, 0.3) is 11.8 Å². The second-order valence-corrected chi connectivity index (χ2v) is 7.85. The molecule has 168 valence electrons. The number of anilines is 2. The van der Waals surface area contributed by atoms with Gasteiger partial charge in [0.1, 0.15) is 17.2 Å². The molecule has 0 atom stereocenters. The number of carbonyl (C=O) groups is 2. The molecular weight excluding hydrogens is 416 g/mol. The second kappa shape index (κ2) is 9.20. The SMILES string of the molecule is CCOc1ccc(NC2=C(c3ccc(OC)cc3)C(=O)N(c3cc(C)cc(C)c3)C2=O)cc1. The van der Waals surface area contributed by atoms with Crippen LogP contribution in [-0.4, -0.2) is 25.5 Å². The molecule has 0 saturated carbocycles. The Balaban J connectivity index is 1.78. The minimum atomic E-state index is -0.398. The van der Waals surface area contributed by atoms with Crippen molar-refractivity contribution < 1.29 is 19.1 Å². The molecule has 33 heavy (non-hydrogen) atoms. The highest BCUT2D eigenvalue weighted by Crippen LogP contribution is 2.35. The van der Waals surface area contributed by atoms with E-state index in [1.54, 1.807) is 31.4 Å². The first kappa shape index (κ1) is 22.1. The molecule has 0 unspecified atom stereocenters. The Kier molecular flexibility index (Phi) is 6.18. The van der Waals surface area contributed by atoms with Crippen LogP contribution in [0.1, 0.15) is 23.6 Å². The summed E-state index contributed by atoms with van der Waals surface area (Å²) in [5, 5.41) is 3.18. The van der Waals surface area contributed by atoms with Crippen LogP contribution in [0.4, 0.5) is 11.4 Å². The van der Waals surface area contributed by atoms with Gasteiger partial charge in [0.15, 0.2) is 0 Å². The van der Waals surface area contributed by atoms with Crippen molar-refractivity contribution in [3.63, 3.8) is 0 Å². The lowest BCUT2D eigenvalue weighted by atomic mass is 10.0. The number of amides is 2. The van der Waals surface area contributed by atoms with Crippen molar-refractivity contribution in [3.8, 4) is 11.5 Å². The predicted octanol–water partition coefficient (Wildman–Crippen LogP) is 5.11. The normalized spacial score (nSPS) is 13.5. The lowest BCUT2D eigenvalue weighted by molar-refractivity contribution is -0.120. The molecule has 0 bridgehead atoms. The van der Waals surface area contributed by atoms with Gasteiger partial charge in [-0.2, -0.15) is 0 Å². The summed E-state index contributed by atoms with van der Waals surface area (Å²) in [6, 6.07) is 20.1. The largest absolute Gasteiger partial charge is 0.497 e. The van der Waals surface area contributed by atoms with Crippen molar-refractivity contribution in [2.45, 2.75) is 20.8 Å². The summed E-state index contributed by atoms with van der Waals surface area (Å²) >= 11 is 0. The van der Waals surface area contributed by atoms with E-state index in [2.05, 4.69) is 5.32 Å². The number of nitrogens with zero attached hydrogens (tertiary/aromatic N) is 1. The first-order valence-corrected chi connectivity index (χ1v) is 10.8. The standard InChI is InChI=1S/C27H26N2O4/c1-5-33-23-12-8-20(9-13-23)28-25-24(19-6-10-22(32-4)11-7-19)26(30)29(27(25)31)21-15-17(2)14-18(3)16-21/h6-16,28H,5H2,1-4H3. The average molecular weight is 443 g/mol. The van der Waals surface area contributed by atoms with E-state index < -0.39 is 5.91 Å². The van der Waals surface area contributed by atoms with Gasteiger partial charge < -0.3 is 14.8 Å². The van der Waals surface area contributed by atoms with E-state index in [-0.39, 0.29) is 11.6 Å². The Morgan fingerprint density at radius 2 is 1.42 bits per heavy atom. The van der Waals surface area contributed by atoms with Gasteiger partial charge in [-0.05, 0) is 86.0 Å². The zero-order valence-corrected chi connectivity index (χ0v) is 19.1. The molecule has 0 radical (unpaired) electrons. The third-order valence-electron chi connectivity index (χ3n) is 5.36. The summed E-state index contributed by atoms with van der Waals surface area (Å²) < 4.78 is 10.7. The topological polar surface area (TPSA) is 67.9 Å². The quantitative estimate of drug-likeness (QED) is 0.515. The molecule has 0 spiro atoms. The summed E-state index contributed by atoms with van der Waals surface area (Å²) in [7, 11) is 1.58. The maximum atomic E-state index is 13.6. The fourth-order valence-corrected chi connectivity index (χ4v) is 3.93. The van der Waals surface area contributed by atoms with Crippen molar-refractivity contribution in [1.29, 1.82) is 0 Å². The number of benzene rings is 3. The number of hydrogen-bond acceptors (Lipinski definition) is 5. The molecule has 1 heterocycles. The molecule has 1 N–H and O–H groups in total. The third-order valence-corrected chi connectivity index (χ3v) is 5.36. The van der Waals surface area contributed by atoms with E-state index in [4.69, 9.17) is 9.47 Å². The van der Waals surface area contributed by atoms with Crippen molar-refractivity contribution in [1.82, 2.24) is 0 Å². The zero-order chi connectivity index (χ0) is 23.5. The second-order valence-electron chi connectivity index (χ2n) is 7.85. The predicted molar refractivity (Wildman–Crippen MR) is 130 cm³/mol. The van der Waals surface area contributed by atoms with E-state index in [0.717, 1.165) is 16.9 Å². The molecule has 0 aromatic heterocycles. The molecule has 4 rings (SSSR count). The highest BCUT2D eigenvalue weighted by Gasteiger charge is 2.40. The first-order chi connectivity index (χ1) is 15.9. The summed E-state index contributed by atoms with van der Waals surface area (Å²) in [6.45, 7) is 6.37. The molecule has 2 amide bonds. The van der Waals surface area contributed by atoms with E-state index in [1.807, 2.05) is 63.2 Å². The number of aryl methyl sites for hydroxylation is 2. The molecule has 6 heteroatoms. The van der Waals surface area contributed by atoms with Crippen LogP contribution in [0.15, 0.2) is 72.4 Å². The lowest BCUT2D eigenvalue weighted by Gasteiger charge is -2.17. The molecule has 0 saturated heterocycles. The van der Waals surface area contributed by atoms with Crippen LogP contribution in [0.2, 0.25) is 0 Å². The van der Waals surface area contributed by atoms with Gasteiger partial charge in [0.2, 0.25) is 0 Å². The van der Waals surface area contributed by atoms with Crippen molar-refractivity contribution in [3.05, 3.63) is 89.1 Å². The van der Waals surface area contributed by atoms with Gasteiger partial charge in [-0.15, -0.1) is 0 Å². The Hall–Kier alpha value is -4.06. The van der Waals surface area contributed by atoms with E-state index in [0.29, 0.717) is 34.9 Å². The molecule has 0 aliphatic carbocycles. The Labute approximate surface area is 193 Å².